The summed E-state index contributed by atoms with van der Waals surface area (Å²) in [7, 11) is 0. The van der Waals surface area contributed by atoms with E-state index in [2.05, 4.69) is 5.32 Å². The molecule has 124 valence electrons. The lowest BCUT2D eigenvalue weighted by Gasteiger charge is -2.36. The quantitative estimate of drug-likeness (QED) is 0.737. The molecule has 0 spiro atoms. The van der Waals surface area contributed by atoms with Crippen LogP contribution >= 0.6 is 0 Å². The van der Waals surface area contributed by atoms with E-state index in [1.54, 1.807) is 0 Å². The summed E-state index contributed by atoms with van der Waals surface area (Å²) < 4.78 is 5.04. The number of hydrogen-bond donors (Lipinski definition) is 2. The van der Waals surface area contributed by atoms with E-state index in [0.29, 0.717) is 13.0 Å². The predicted octanol–water partition coefficient (Wildman–Crippen LogP) is 1.24. The van der Waals surface area contributed by atoms with Crippen LogP contribution in [0.15, 0.2) is 30.3 Å². The SMILES string of the molecule is O=C(NCCCC(=O)N1CC(C(=O)O)C1)OCc1ccccc1. The fourth-order valence-electron chi connectivity index (χ4n) is 2.20. The molecule has 0 aliphatic carbocycles. The van der Waals surface area contributed by atoms with E-state index in [0.717, 1.165) is 5.56 Å². The van der Waals surface area contributed by atoms with Crippen LogP contribution < -0.4 is 5.32 Å². The standard InChI is InChI=1S/C16H20N2O5/c19-14(18-9-13(10-18)15(20)21)7-4-8-17-16(22)23-11-12-5-2-1-3-6-12/h1-3,5-6,13H,4,7-11H2,(H,17,22)(H,20,21). The zero-order valence-corrected chi connectivity index (χ0v) is 12.7. The number of nitrogens with one attached hydrogen (secondary N) is 1. The number of carboxylic acid groups (broad SMARTS) is 1. The number of ether oxygens (including phenoxy) is 1. The van der Waals surface area contributed by atoms with Crippen LogP contribution in [0.1, 0.15) is 18.4 Å². The molecule has 0 aromatic heterocycles. The molecule has 0 bridgehead atoms. The van der Waals surface area contributed by atoms with Crippen molar-refractivity contribution in [2.24, 2.45) is 5.92 Å². The molecule has 7 nitrogen and oxygen atoms in total. The fourth-order valence-corrected chi connectivity index (χ4v) is 2.20. The van der Waals surface area contributed by atoms with Crippen molar-refractivity contribution < 1.29 is 24.2 Å². The van der Waals surface area contributed by atoms with E-state index in [-0.39, 0.29) is 32.0 Å². The third-order valence-corrected chi connectivity index (χ3v) is 3.63. The molecule has 2 rings (SSSR count). The number of benzene rings is 1. The monoisotopic (exact) mass is 320 g/mol. The number of alkyl carbamates (subject to hydrolysis) is 1. The van der Waals surface area contributed by atoms with Crippen LogP contribution in [0.25, 0.3) is 0 Å². The molecule has 1 heterocycles. The molecule has 0 unspecified atom stereocenters. The van der Waals surface area contributed by atoms with Gasteiger partial charge in [0.25, 0.3) is 0 Å². The summed E-state index contributed by atoms with van der Waals surface area (Å²) in [6, 6.07) is 9.35. The Morgan fingerprint density at radius 1 is 1.22 bits per heavy atom. The maximum absolute atomic E-state index is 11.7. The van der Waals surface area contributed by atoms with Gasteiger partial charge in [0.2, 0.25) is 5.91 Å². The smallest absolute Gasteiger partial charge is 0.407 e. The molecule has 1 aliphatic rings. The summed E-state index contributed by atoms with van der Waals surface area (Å²) in [5.74, 6) is -1.39. The Bertz CT molecular complexity index is 555. The highest BCUT2D eigenvalue weighted by Gasteiger charge is 2.34. The first-order valence-electron chi connectivity index (χ1n) is 7.51. The van der Waals surface area contributed by atoms with Gasteiger partial charge in [-0.3, -0.25) is 9.59 Å². The zero-order chi connectivity index (χ0) is 16.7. The van der Waals surface area contributed by atoms with Crippen molar-refractivity contribution in [3.8, 4) is 0 Å². The number of hydrogen-bond acceptors (Lipinski definition) is 4. The lowest BCUT2D eigenvalue weighted by molar-refractivity contribution is -0.152. The number of likely N-dealkylation sites (tertiary alicyclic amines) is 1. The second-order valence-electron chi connectivity index (χ2n) is 5.43. The number of carboxylic acids is 1. The van der Waals surface area contributed by atoms with E-state index in [9.17, 15) is 14.4 Å². The van der Waals surface area contributed by atoms with E-state index in [1.165, 1.54) is 4.90 Å². The highest BCUT2D eigenvalue weighted by molar-refractivity contribution is 5.81. The van der Waals surface area contributed by atoms with Crippen molar-refractivity contribution in [3.63, 3.8) is 0 Å². The summed E-state index contributed by atoms with van der Waals surface area (Å²) >= 11 is 0. The van der Waals surface area contributed by atoms with Crippen LogP contribution in [-0.2, 0) is 20.9 Å². The average Bonchev–Trinajstić information content (AvgIpc) is 2.48. The molecule has 1 aromatic rings. The molecule has 0 radical (unpaired) electrons. The normalized spacial score (nSPS) is 14.0. The van der Waals surface area contributed by atoms with Gasteiger partial charge in [-0.25, -0.2) is 4.79 Å². The third-order valence-electron chi connectivity index (χ3n) is 3.63. The van der Waals surface area contributed by atoms with Gasteiger partial charge in [0, 0.05) is 26.1 Å². The number of aliphatic carboxylic acids is 1. The first-order valence-corrected chi connectivity index (χ1v) is 7.51. The Kier molecular flexibility index (Phi) is 5.96. The van der Waals surface area contributed by atoms with E-state index in [1.807, 2.05) is 30.3 Å². The predicted molar refractivity (Wildman–Crippen MR) is 81.6 cm³/mol. The number of rotatable bonds is 7. The maximum Gasteiger partial charge on any atom is 0.407 e. The van der Waals surface area contributed by atoms with Crippen LogP contribution in [-0.4, -0.2) is 47.6 Å². The molecule has 2 N–H and O–H groups in total. The summed E-state index contributed by atoms with van der Waals surface area (Å²) in [5, 5.41) is 11.3. The van der Waals surface area contributed by atoms with Crippen LogP contribution in [0.4, 0.5) is 4.79 Å². The molecular weight excluding hydrogens is 300 g/mol. The summed E-state index contributed by atoms with van der Waals surface area (Å²) in [5.41, 5.74) is 0.906. The summed E-state index contributed by atoms with van der Waals surface area (Å²) in [6.07, 6.45) is 0.259. The second-order valence-corrected chi connectivity index (χ2v) is 5.43. The van der Waals surface area contributed by atoms with Crippen molar-refractivity contribution in [1.82, 2.24) is 10.2 Å². The van der Waals surface area contributed by atoms with Crippen LogP contribution in [0, 0.1) is 5.92 Å². The number of amides is 2. The lowest BCUT2D eigenvalue weighted by Crippen LogP contribution is -2.53. The number of carbonyl (C=O) groups excluding carboxylic acids is 2. The van der Waals surface area contributed by atoms with Crippen LogP contribution in [0.5, 0.6) is 0 Å². The zero-order valence-electron chi connectivity index (χ0n) is 12.7. The minimum absolute atomic E-state index is 0.0815. The topological polar surface area (TPSA) is 95.9 Å². The van der Waals surface area contributed by atoms with Gasteiger partial charge in [0.05, 0.1) is 5.92 Å². The molecule has 0 atom stereocenters. The summed E-state index contributed by atoms with van der Waals surface area (Å²) in [4.78, 5) is 35.4. The summed E-state index contributed by atoms with van der Waals surface area (Å²) in [6.45, 7) is 1.10. The van der Waals surface area contributed by atoms with Crippen LogP contribution in [0.3, 0.4) is 0 Å². The lowest BCUT2D eigenvalue weighted by atomic mass is 10.00. The maximum atomic E-state index is 11.7. The molecule has 0 saturated carbocycles. The van der Waals surface area contributed by atoms with Crippen molar-refractivity contribution in [3.05, 3.63) is 35.9 Å². The Hall–Kier alpha value is -2.57. The Morgan fingerprint density at radius 3 is 2.57 bits per heavy atom. The largest absolute Gasteiger partial charge is 0.481 e. The molecule has 1 aromatic carbocycles. The Labute approximate surface area is 134 Å². The highest BCUT2D eigenvalue weighted by Crippen LogP contribution is 2.16. The van der Waals surface area contributed by atoms with Crippen molar-refractivity contribution in [1.29, 1.82) is 0 Å². The Morgan fingerprint density at radius 2 is 1.91 bits per heavy atom. The van der Waals surface area contributed by atoms with Crippen LogP contribution in [0.2, 0.25) is 0 Å². The van der Waals surface area contributed by atoms with Crippen molar-refractivity contribution >= 4 is 18.0 Å². The van der Waals surface area contributed by atoms with Gasteiger partial charge in [-0.05, 0) is 12.0 Å². The molecular formula is C16H20N2O5. The molecule has 1 aliphatic heterocycles. The highest BCUT2D eigenvalue weighted by atomic mass is 16.5. The minimum Gasteiger partial charge on any atom is -0.481 e. The van der Waals surface area contributed by atoms with Crippen molar-refractivity contribution in [2.45, 2.75) is 19.4 Å². The molecule has 7 heteroatoms. The third kappa shape index (κ3) is 5.28. The van der Waals surface area contributed by atoms with E-state index < -0.39 is 18.0 Å². The molecule has 2 amide bonds. The van der Waals surface area contributed by atoms with E-state index in [4.69, 9.17) is 9.84 Å². The Balaban J connectivity index is 1.52. The van der Waals surface area contributed by atoms with Gasteiger partial charge in [-0.2, -0.15) is 0 Å². The van der Waals surface area contributed by atoms with Gasteiger partial charge in [0.15, 0.2) is 0 Å². The van der Waals surface area contributed by atoms with Gasteiger partial charge in [0.1, 0.15) is 6.61 Å². The van der Waals surface area contributed by atoms with Gasteiger partial charge >= 0.3 is 12.1 Å². The molecule has 1 fully saturated rings. The van der Waals surface area contributed by atoms with Crippen molar-refractivity contribution in [2.75, 3.05) is 19.6 Å². The van der Waals surface area contributed by atoms with Gasteiger partial charge < -0.3 is 20.1 Å². The molecule has 23 heavy (non-hydrogen) atoms. The first-order chi connectivity index (χ1) is 11.1. The van der Waals surface area contributed by atoms with Gasteiger partial charge in [-0.15, -0.1) is 0 Å². The average molecular weight is 320 g/mol. The van der Waals surface area contributed by atoms with Gasteiger partial charge in [-0.1, -0.05) is 30.3 Å². The minimum atomic E-state index is -0.864. The number of nitrogens with zero attached hydrogens (tertiary/aromatic N) is 1. The first kappa shape index (κ1) is 16.8. The second kappa shape index (κ2) is 8.17. The van der Waals surface area contributed by atoms with E-state index >= 15 is 0 Å². The molecule has 1 saturated heterocycles. The number of carbonyl (C=O) groups is 3. The fraction of sp³-hybridized carbons (Fsp3) is 0.438.